The average molecular weight is 401 g/mol. The zero-order valence-electron chi connectivity index (χ0n) is 17.0. The van der Waals surface area contributed by atoms with Crippen LogP contribution in [0.2, 0.25) is 0 Å². The van der Waals surface area contributed by atoms with Gasteiger partial charge in [0.05, 0.1) is 0 Å². The molecular formula is C22H32N4O3. The number of likely N-dealkylation sites (tertiary alicyclic amines) is 2. The molecule has 158 valence electrons. The van der Waals surface area contributed by atoms with Gasteiger partial charge in [-0.15, -0.1) is 0 Å². The Morgan fingerprint density at radius 3 is 2.52 bits per heavy atom. The first-order chi connectivity index (χ1) is 14.2. The summed E-state index contributed by atoms with van der Waals surface area (Å²) < 4.78 is 5.71. The molecule has 0 radical (unpaired) electrons. The van der Waals surface area contributed by atoms with Crippen LogP contribution in [0.1, 0.15) is 38.5 Å². The molecule has 2 amide bonds. The van der Waals surface area contributed by atoms with Crippen molar-refractivity contribution in [3.05, 3.63) is 30.3 Å². The molecule has 7 heteroatoms. The summed E-state index contributed by atoms with van der Waals surface area (Å²) in [6, 6.07) is 9.70. The van der Waals surface area contributed by atoms with Gasteiger partial charge < -0.3 is 14.5 Å². The van der Waals surface area contributed by atoms with Crippen LogP contribution in [0.4, 0.5) is 0 Å². The normalized spacial score (nSPS) is 25.8. The van der Waals surface area contributed by atoms with E-state index in [-0.39, 0.29) is 30.5 Å². The minimum atomic E-state index is -0.0885. The number of para-hydroxylation sites is 1. The minimum Gasteiger partial charge on any atom is -0.484 e. The molecule has 2 atom stereocenters. The van der Waals surface area contributed by atoms with Gasteiger partial charge in [-0.3, -0.25) is 15.0 Å². The number of nitrogens with one attached hydrogen (secondary N) is 2. The lowest BCUT2D eigenvalue weighted by Crippen LogP contribution is -2.53. The van der Waals surface area contributed by atoms with Gasteiger partial charge in [0.15, 0.2) is 6.61 Å². The van der Waals surface area contributed by atoms with Crippen LogP contribution < -0.4 is 15.6 Å². The third-order valence-electron chi connectivity index (χ3n) is 6.50. The largest absolute Gasteiger partial charge is 0.484 e. The summed E-state index contributed by atoms with van der Waals surface area (Å²) in [5.41, 5.74) is 6.11. The van der Waals surface area contributed by atoms with Gasteiger partial charge in [0.25, 0.3) is 5.91 Å². The first-order valence-corrected chi connectivity index (χ1v) is 11.0. The molecule has 0 aliphatic carbocycles. The quantitative estimate of drug-likeness (QED) is 0.785. The summed E-state index contributed by atoms with van der Waals surface area (Å²) in [5, 5.41) is 0. The number of carbonyl (C=O) groups excluding carboxylic acids is 2. The van der Waals surface area contributed by atoms with E-state index in [1.54, 1.807) is 0 Å². The number of benzene rings is 1. The van der Waals surface area contributed by atoms with E-state index < -0.39 is 0 Å². The van der Waals surface area contributed by atoms with Crippen molar-refractivity contribution in [2.75, 3.05) is 32.8 Å². The molecule has 2 unspecified atom stereocenters. The summed E-state index contributed by atoms with van der Waals surface area (Å²) in [4.78, 5) is 29.6. The van der Waals surface area contributed by atoms with E-state index in [0.717, 1.165) is 64.0 Å². The summed E-state index contributed by atoms with van der Waals surface area (Å²) >= 11 is 0. The number of hydrogen-bond acceptors (Lipinski definition) is 5. The Hall–Kier alpha value is -2.12. The minimum absolute atomic E-state index is 0.0817. The lowest BCUT2D eigenvalue weighted by molar-refractivity contribution is -0.141. The SMILES string of the molecule is O=C(C1CCNN1)N1CCC(C2CCCCN2C(=O)COc2ccccc2)CC1. The smallest absolute Gasteiger partial charge is 0.260 e. The van der Waals surface area contributed by atoms with Crippen LogP contribution in [0.25, 0.3) is 0 Å². The fourth-order valence-corrected chi connectivity index (χ4v) is 4.90. The fourth-order valence-electron chi connectivity index (χ4n) is 4.90. The van der Waals surface area contributed by atoms with Gasteiger partial charge in [-0.1, -0.05) is 18.2 Å². The molecule has 4 rings (SSSR count). The van der Waals surface area contributed by atoms with Gasteiger partial charge in [-0.25, -0.2) is 5.43 Å². The van der Waals surface area contributed by atoms with E-state index in [1.807, 2.05) is 35.2 Å². The van der Waals surface area contributed by atoms with Crippen LogP contribution in [0.5, 0.6) is 5.75 Å². The highest BCUT2D eigenvalue weighted by Crippen LogP contribution is 2.31. The van der Waals surface area contributed by atoms with Gasteiger partial charge in [0.1, 0.15) is 11.8 Å². The second kappa shape index (κ2) is 9.59. The van der Waals surface area contributed by atoms with E-state index in [9.17, 15) is 9.59 Å². The monoisotopic (exact) mass is 400 g/mol. The van der Waals surface area contributed by atoms with Crippen molar-refractivity contribution in [1.29, 1.82) is 0 Å². The molecule has 1 aromatic rings. The lowest BCUT2D eigenvalue weighted by atomic mass is 9.83. The third-order valence-corrected chi connectivity index (χ3v) is 6.50. The van der Waals surface area contributed by atoms with Gasteiger partial charge >= 0.3 is 0 Å². The van der Waals surface area contributed by atoms with Crippen molar-refractivity contribution in [2.24, 2.45) is 5.92 Å². The molecule has 0 aromatic heterocycles. The molecule has 0 bridgehead atoms. The number of rotatable bonds is 5. The van der Waals surface area contributed by atoms with Crippen molar-refractivity contribution in [2.45, 2.75) is 50.6 Å². The Kier molecular flexibility index (Phi) is 6.67. The number of ether oxygens (including phenoxy) is 1. The number of piperidine rings is 2. The van der Waals surface area contributed by atoms with Crippen LogP contribution in [-0.4, -0.2) is 66.5 Å². The molecule has 7 nitrogen and oxygen atoms in total. The van der Waals surface area contributed by atoms with E-state index >= 15 is 0 Å². The fraction of sp³-hybridized carbons (Fsp3) is 0.636. The van der Waals surface area contributed by atoms with E-state index in [4.69, 9.17) is 4.74 Å². The third kappa shape index (κ3) is 4.90. The molecular weight excluding hydrogens is 368 g/mol. The average Bonchev–Trinajstić information content (AvgIpc) is 3.33. The summed E-state index contributed by atoms with van der Waals surface area (Å²) in [6.45, 7) is 3.34. The number of nitrogens with zero attached hydrogens (tertiary/aromatic N) is 2. The van der Waals surface area contributed by atoms with Gasteiger partial charge in [0.2, 0.25) is 5.91 Å². The molecule has 0 saturated carbocycles. The first-order valence-electron chi connectivity index (χ1n) is 11.0. The molecule has 0 spiro atoms. The van der Waals surface area contributed by atoms with Crippen molar-refractivity contribution >= 4 is 11.8 Å². The summed E-state index contributed by atoms with van der Waals surface area (Å²) in [7, 11) is 0. The van der Waals surface area contributed by atoms with E-state index in [0.29, 0.717) is 5.92 Å². The number of amides is 2. The van der Waals surface area contributed by atoms with Crippen molar-refractivity contribution < 1.29 is 14.3 Å². The maximum Gasteiger partial charge on any atom is 0.260 e. The Morgan fingerprint density at radius 2 is 1.79 bits per heavy atom. The van der Waals surface area contributed by atoms with Crippen molar-refractivity contribution in [1.82, 2.24) is 20.7 Å². The molecule has 3 fully saturated rings. The van der Waals surface area contributed by atoms with Gasteiger partial charge in [-0.05, 0) is 56.6 Å². The standard InChI is InChI=1S/C22H32N4O3/c27-21(16-29-18-6-2-1-3-7-18)26-13-5-4-8-20(26)17-10-14-25(15-11-17)22(28)19-9-12-23-24-19/h1-3,6-7,17,19-20,23-24H,4-5,8-16H2. The molecule has 2 N–H and O–H groups in total. The van der Waals surface area contributed by atoms with Crippen molar-refractivity contribution in [3.63, 3.8) is 0 Å². The Balaban J connectivity index is 1.30. The van der Waals surface area contributed by atoms with Crippen LogP contribution in [0, 0.1) is 5.92 Å². The molecule has 29 heavy (non-hydrogen) atoms. The highest BCUT2D eigenvalue weighted by atomic mass is 16.5. The molecule has 3 saturated heterocycles. The molecule has 3 aliphatic heterocycles. The molecule has 3 heterocycles. The maximum atomic E-state index is 12.9. The number of hydrogen-bond donors (Lipinski definition) is 2. The summed E-state index contributed by atoms with van der Waals surface area (Å²) in [6.07, 6.45) is 6.09. The Labute approximate surface area is 172 Å². The summed E-state index contributed by atoms with van der Waals surface area (Å²) in [5.74, 6) is 1.49. The van der Waals surface area contributed by atoms with E-state index in [2.05, 4.69) is 15.8 Å². The zero-order chi connectivity index (χ0) is 20.1. The zero-order valence-corrected chi connectivity index (χ0v) is 17.0. The predicted octanol–water partition coefficient (Wildman–Crippen LogP) is 1.55. The number of hydrazine groups is 1. The van der Waals surface area contributed by atoms with Crippen molar-refractivity contribution in [3.8, 4) is 5.75 Å². The predicted molar refractivity (Wildman–Crippen MR) is 110 cm³/mol. The van der Waals surface area contributed by atoms with E-state index in [1.165, 1.54) is 6.42 Å². The van der Waals surface area contributed by atoms with Crippen LogP contribution >= 0.6 is 0 Å². The van der Waals surface area contributed by atoms with Crippen LogP contribution in [0.15, 0.2) is 30.3 Å². The molecule has 1 aromatic carbocycles. The maximum absolute atomic E-state index is 12.9. The van der Waals surface area contributed by atoms with Crippen LogP contribution in [0.3, 0.4) is 0 Å². The second-order valence-corrected chi connectivity index (χ2v) is 8.33. The topological polar surface area (TPSA) is 73.9 Å². The second-order valence-electron chi connectivity index (χ2n) is 8.33. The highest BCUT2D eigenvalue weighted by molar-refractivity contribution is 5.82. The highest BCUT2D eigenvalue weighted by Gasteiger charge is 2.37. The first kappa shape index (κ1) is 20.2. The van der Waals surface area contributed by atoms with Gasteiger partial charge in [0, 0.05) is 32.2 Å². The lowest BCUT2D eigenvalue weighted by Gasteiger charge is -2.44. The number of carbonyl (C=O) groups is 2. The van der Waals surface area contributed by atoms with Crippen LogP contribution in [-0.2, 0) is 9.59 Å². The van der Waals surface area contributed by atoms with Gasteiger partial charge in [-0.2, -0.15) is 0 Å². The Morgan fingerprint density at radius 1 is 1.00 bits per heavy atom. The molecule has 3 aliphatic rings. The Bertz CT molecular complexity index is 685.